The summed E-state index contributed by atoms with van der Waals surface area (Å²) in [5.74, 6) is 0.476. The van der Waals surface area contributed by atoms with E-state index in [0.717, 1.165) is 0 Å². The maximum absolute atomic E-state index is 9.71. The molecule has 0 aliphatic heterocycles. The first-order valence-electron chi connectivity index (χ1n) is 8.64. The first-order chi connectivity index (χ1) is 11.4. The third-order valence-electron chi connectivity index (χ3n) is 4.87. The molecule has 1 saturated carbocycles. The fourth-order valence-electron chi connectivity index (χ4n) is 3.60. The summed E-state index contributed by atoms with van der Waals surface area (Å²) in [6.07, 6.45) is 6.16. The van der Waals surface area contributed by atoms with E-state index >= 15 is 0 Å². The summed E-state index contributed by atoms with van der Waals surface area (Å²) >= 11 is 0. The molecule has 1 aliphatic carbocycles. The molecule has 1 fully saturated rings. The monoisotopic (exact) mass is 304 g/mol. The van der Waals surface area contributed by atoms with Crippen LogP contribution in [0.3, 0.4) is 0 Å². The minimum atomic E-state index is -0.0827. The van der Waals surface area contributed by atoms with Gasteiger partial charge < -0.3 is 0 Å². The van der Waals surface area contributed by atoms with Crippen molar-refractivity contribution in [3.63, 3.8) is 0 Å². The van der Waals surface area contributed by atoms with Gasteiger partial charge in [-0.05, 0) is 29.9 Å². The quantitative estimate of drug-likeness (QED) is 0.858. The van der Waals surface area contributed by atoms with Crippen LogP contribution in [-0.2, 0) is 0 Å². The molecular formula is C21H24N2. The van der Waals surface area contributed by atoms with Crippen LogP contribution >= 0.6 is 0 Å². The average Bonchev–Trinajstić information content (AvgIpc) is 2.65. The molecule has 118 valence electrons. The summed E-state index contributed by atoms with van der Waals surface area (Å²) in [6, 6.07) is 23.4. The molecule has 23 heavy (non-hydrogen) atoms. The van der Waals surface area contributed by atoms with Crippen molar-refractivity contribution in [2.45, 2.75) is 44.2 Å². The standard InChI is InChI=1S/C21H24N2/c22-16-20(17-10-4-1-5-11-17)23-21(18-12-6-2-7-13-18)19-14-8-3-9-15-19/h2-3,6-9,12-15,17,20-21,23H,1,4-5,10-11H2/t20-/m0/s1. The molecule has 0 aromatic heterocycles. The second-order valence-corrected chi connectivity index (χ2v) is 6.43. The Balaban J connectivity index is 1.85. The van der Waals surface area contributed by atoms with E-state index < -0.39 is 0 Å². The Kier molecular flexibility index (Phi) is 5.45. The Labute approximate surface area is 139 Å². The molecular weight excluding hydrogens is 280 g/mol. The number of benzene rings is 2. The van der Waals surface area contributed by atoms with Gasteiger partial charge in [0.2, 0.25) is 0 Å². The van der Waals surface area contributed by atoms with Gasteiger partial charge in [0.1, 0.15) is 0 Å². The van der Waals surface area contributed by atoms with Crippen LogP contribution in [0.5, 0.6) is 0 Å². The van der Waals surface area contributed by atoms with Gasteiger partial charge in [-0.15, -0.1) is 0 Å². The van der Waals surface area contributed by atoms with E-state index in [4.69, 9.17) is 0 Å². The molecule has 3 rings (SSSR count). The van der Waals surface area contributed by atoms with Gasteiger partial charge >= 0.3 is 0 Å². The van der Waals surface area contributed by atoms with Crippen LogP contribution in [0.2, 0.25) is 0 Å². The van der Waals surface area contributed by atoms with Crippen LogP contribution in [-0.4, -0.2) is 6.04 Å². The fraction of sp³-hybridized carbons (Fsp3) is 0.381. The number of hydrogen-bond acceptors (Lipinski definition) is 2. The van der Waals surface area contributed by atoms with Gasteiger partial charge in [-0.1, -0.05) is 79.9 Å². The zero-order valence-corrected chi connectivity index (χ0v) is 13.5. The largest absolute Gasteiger partial charge is 0.291 e. The van der Waals surface area contributed by atoms with E-state index in [9.17, 15) is 5.26 Å². The summed E-state index contributed by atoms with van der Waals surface area (Å²) in [6.45, 7) is 0. The molecule has 0 unspecified atom stereocenters. The van der Waals surface area contributed by atoms with Gasteiger partial charge in [0.15, 0.2) is 0 Å². The van der Waals surface area contributed by atoms with E-state index in [1.165, 1.54) is 43.2 Å². The zero-order valence-electron chi connectivity index (χ0n) is 13.5. The number of nitrogens with zero attached hydrogens (tertiary/aromatic N) is 1. The first-order valence-corrected chi connectivity index (χ1v) is 8.64. The SMILES string of the molecule is N#C[C@H](NC(c1ccccc1)c1ccccc1)C1CCCCC1. The van der Waals surface area contributed by atoms with Crippen molar-refractivity contribution in [1.82, 2.24) is 5.32 Å². The molecule has 1 N–H and O–H groups in total. The summed E-state index contributed by atoms with van der Waals surface area (Å²) in [5.41, 5.74) is 2.43. The second-order valence-electron chi connectivity index (χ2n) is 6.43. The van der Waals surface area contributed by atoms with E-state index in [-0.39, 0.29) is 12.1 Å². The Hall–Kier alpha value is -2.11. The van der Waals surface area contributed by atoms with Gasteiger partial charge in [-0.2, -0.15) is 5.26 Å². The molecule has 2 nitrogen and oxygen atoms in total. The van der Waals surface area contributed by atoms with Crippen LogP contribution in [0.25, 0.3) is 0 Å². The molecule has 1 atom stereocenters. The van der Waals surface area contributed by atoms with Crippen LogP contribution < -0.4 is 5.32 Å². The van der Waals surface area contributed by atoms with Crippen molar-refractivity contribution in [3.8, 4) is 6.07 Å². The molecule has 1 aliphatic rings. The van der Waals surface area contributed by atoms with Crippen molar-refractivity contribution < 1.29 is 0 Å². The van der Waals surface area contributed by atoms with Crippen molar-refractivity contribution in [1.29, 1.82) is 5.26 Å². The van der Waals surface area contributed by atoms with Gasteiger partial charge in [-0.3, -0.25) is 5.32 Å². The molecule has 0 bridgehead atoms. The number of rotatable bonds is 5. The summed E-state index contributed by atoms with van der Waals surface area (Å²) in [7, 11) is 0. The maximum Gasteiger partial charge on any atom is 0.0988 e. The van der Waals surface area contributed by atoms with Crippen molar-refractivity contribution in [2.24, 2.45) is 5.92 Å². The lowest BCUT2D eigenvalue weighted by molar-refractivity contribution is 0.295. The van der Waals surface area contributed by atoms with Crippen molar-refractivity contribution >= 4 is 0 Å². The highest BCUT2D eigenvalue weighted by Gasteiger charge is 2.26. The van der Waals surface area contributed by atoms with Gasteiger partial charge in [-0.25, -0.2) is 0 Å². The molecule has 2 aromatic carbocycles. The molecule has 0 saturated heterocycles. The van der Waals surface area contributed by atoms with Crippen LogP contribution in [0.15, 0.2) is 60.7 Å². The topological polar surface area (TPSA) is 35.8 Å². The predicted molar refractivity (Wildman–Crippen MR) is 93.8 cm³/mol. The lowest BCUT2D eigenvalue weighted by atomic mass is 9.83. The lowest BCUT2D eigenvalue weighted by Gasteiger charge is -2.30. The van der Waals surface area contributed by atoms with Gasteiger partial charge in [0, 0.05) is 0 Å². The summed E-state index contributed by atoms with van der Waals surface area (Å²) in [5, 5.41) is 13.4. The molecule has 0 radical (unpaired) electrons. The zero-order chi connectivity index (χ0) is 15.9. The number of nitriles is 1. The van der Waals surface area contributed by atoms with Crippen LogP contribution in [0.1, 0.15) is 49.3 Å². The molecule has 0 amide bonds. The van der Waals surface area contributed by atoms with E-state index in [1.807, 2.05) is 12.1 Å². The molecule has 2 heteroatoms. The van der Waals surface area contributed by atoms with Gasteiger partial charge in [0.25, 0.3) is 0 Å². The first kappa shape index (κ1) is 15.8. The third kappa shape index (κ3) is 4.00. The molecule has 0 heterocycles. The lowest BCUT2D eigenvalue weighted by Crippen LogP contribution is -2.39. The van der Waals surface area contributed by atoms with Gasteiger partial charge in [0.05, 0.1) is 18.2 Å². The average molecular weight is 304 g/mol. The third-order valence-corrected chi connectivity index (χ3v) is 4.87. The maximum atomic E-state index is 9.71. The van der Waals surface area contributed by atoms with Crippen molar-refractivity contribution in [3.05, 3.63) is 71.8 Å². The van der Waals surface area contributed by atoms with Crippen LogP contribution in [0.4, 0.5) is 0 Å². The minimum absolute atomic E-state index is 0.0731. The molecule has 2 aromatic rings. The highest BCUT2D eigenvalue weighted by molar-refractivity contribution is 5.32. The summed E-state index contributed by atoms with van der Waals surface area (Å²) in [4.78, 5) is 0. The Bertz CT molecular complexity index is 584. The minimum Gasteiger partial charge on any atom is -0.291 e. The highest BCUT2D eigenvalue weighted by Crippen LogP contribution is 2.29. The second kappa shape index (κ2) is 7.94. The highest BCUT2D eigenvalue weighted by atomic mass is 15.0. The normalized spacial score (nSPS) is 16.9. The smallest absolute Gasteiger partial charge is 0.0988 e. The number of nitrogens with one attached hydrogen (secondary N) is 1. The van der Waals surface area contributed by atoms with E-state index in [0.29, 0.717) is 5.92 Å². The number of hydrogen-bond donors (Lipinski definition) is 1. The fourth-order valence-corrected chi connectivity index (χ4v) is 3.60. The van der Waals surface area contributed by atoms with Crippen LogP contribution in [0, 0.1) is 17.2 Å². The Morgan fingerprint density at radius 1 is 0.826 bits per heavy atom. The Morgan fingerprint density at radius 3 is 1.83 bits per heavy atom. The van der Waals surface area contributed by atoms with Crippen molar-refractivity contribution in [2.75, 3.05) is 0 Å². The van der Waals surface area contributed by atoms with E-state index in [1.54, 1.807) is 0 Å². The Morgan fingerprint density at radius 2 is 1.35 bits per heavy atom. The molecule has 0 spiro atoms. The van der Waals surface area contributed by atoms with E-state index in [2.05, 4.69) is 59.9 Å². The summed E-state index contributed by atoms with van der Waals surface area (Å²) < 4.78 is 0. The predicted octanol–water partition coefficient (Wildman–Crippen LogP) is 4.84.